The molecular formula is C52H30N4. The molecule has 0 fully saturated rings. The number of aromatic amines is 2. The fraction of sp³-hybridized carbons (Fsp3) is 0. The van der Waals surface area contributed by atoms with Gasteiger partial charge in [0.15, 0.2) is 0 Å². The van der Waals surface area contributed by atoms with Crippen molar-refractivity contribution in [2.75, 3.05) is 0 Å². The molecule has 0 amide bonds. The normalized spacial score (nSPS) is 12.3. The van der Waals surface area contributed by atoms with Crippen molar-refractivity contribution < 1.29 is 0 Å². The summed E-state index contributed by atoms with van der Waals surface area (Å²) in [6, 6.07) is 61.7. The molecule has 4 nitrogen and oxygen atoms in total. The van der Waals surface area contributed by atoms with E-state index in [-0.39, 0.29) is 0 Å². The third-order valence-corrected chi connectivity index (χ3v) is 12.0. The summed E-state index contributed by atoms with van der Waals surface area (Å²) in [4.78, 5) is 18.8. The van der Waals surface area contributed by atoms with Gasteiger partial charge in [-0.25, -0.2) is 9.97 Å². The summed E-state index contributed by atoms with van der Waals surface area (Å²) in [5, 5.41) is 14.2. The minimum absolute atomic E-state index is 0.934. The van der Waals surface area contributed by atoms with Crippen LogP contribution in [0.4, 0.5) is 0 Å². The van der Waals surface area contributed by atoms with Crippen LogP contribution >= 0.6 is 0 Å². The molecule has 0 atom stereocenters. The number of nitrogens with one attached hydrogen (secondary N) is 2. The third kappa shape index (κ3) is 4.24. The smallest absolute Gasteiger partial charge is 0.0957 e. The summed E-state index contributed by atoms with van der Waals surface area (Å²) in [7, 11) is 0. The highest BCUT2D eigenvalue weighted by molar-refractivity contribution is 6.19. The molecular weight excluding hydrogens is 681 g/mol. The van der Waals surface area contributed by atoms with Gasteiger partial charge in [0.1, 0.15) is 0 Å². The zero-order valence-corrected chi connectivity index (χ0v) is 30.1. The standard InChI is InChI=1S/C52H30N4/c1-5-13-33-25-41-37(21-29(33)9-1)45-17-18-46-39-23-31-11-3-7-15-35(31)27-43(39)51(55-46)52-44-28-36-16-8-4-12-32(36)24-40(44)48(56-52)20-19-47-38-22-30-10-2-6-14-34(30)26-42(38)50(54-47)49(41)53-45/h1-28,53,56H. The van der Waals surface area contributed by atoms with E-state index in [1.54, 1.807) is 0 Å². The summed E-state index contributed by atoms with van der Waals surface area (Å²) in [5.74, 6) is 0. The number of hydrogen-bond acceptors (Lipinski definition) is 2. The predicted octanol–water partition coefficient (Wildman–Crippen LogP) is 13.9. The van der Waals surface area contributed by atoms with Gasteiger partial charge in [0.25, 0.3) is 0 Å². The molecule has 4 heteroatoms. The van der Waals surface area contributed by atoms with Gasteiger partial charge in [-0.15, -0.1) is 0 Å². The van der Waals surface area contributed by atoms with Gasteiger partial charge in [0.2, 0.25) is 0 Å². The van der Waals surface area contributed by atoms with Crippen LogP contribution < -0.4 is 0 Å². The van der Waals surface area contributed by atoms with Crippen molar-refractivity contribution >= 4 is 86.7 Å². The van der Waals surface area contributed by atoms with Crippen LogP contribution in [-0.2, 0) is 0 Å². The fourth-order valence-electron chi connectivity index (χ4n) is 9.25. The van der Waals surface area contributed by atoms with E-state index in [2.05, 4.69) is 180 Å². The van der Waals surface area contributed by atoms with E-state index in [0.29, 0.717) is 0 Å². The van der Waals surface area contributed by atoms with Crippen molar-refractivity contribution in [3.05, 3.63) is 170 Å². The van der Waals surface area contributed by atoms with Crippen LogP contribution in [-0.4, -0.2) is 19.9 Å². The molecule has 11 aromatic rings. The topological polar surface area (TPSA) is 57.4 Å². The first-order valence-electron chi connectivity index (χ1n) is 19.1. The first-order chi connectivity index (χ1) is 27.7. The highest BCUT2D eigenvalue weighted by Gasteiger charge is 2.23. The second kappa shape index (κ2) is 11.0. The highest BCUT2D eigenvalue weighted by Crippen LogP contribution is 2.45. The number of nitrogens with zero attached hydrogens (tertiary/aromatic N) is 2. The molecule has 8 aromatic carbocycles. The Hall–Kier alpha value is -7.56. The molecule has 56 heavy (non-hydrogen) atoms. The van der Waals surface area contributed by atoms with Crippen molar-refractivity contribution in [3.8, 4) is 45.0 Å². The van der Waals surface area contributed by atoms with Crippen LogP contribution in [0.15, 0.2) is 170 Å². The fourth-order valence-corrected chi connectivity index (χ4v) is 9.25. The molecule has 0 unspecified atom stereocenters. The molecule has 2 aliphatic heterocycles. The number of rotatable bonds is 0. The molecule has 0 spiro atoms. The Morgan fingerprint density at radius 2 is 0.589 bits per heavy atom. The van der Waals surface area contributed by atoms with Gasteiger partial charge in [0, 0.05) is 54.8 Å². The maximum atomic E-state index is 5.49. The van der Waals surface area contributed by atoms with E-state index in [0.717, 1.165) is 88.6 Å². The lowest BCUT2D eigenvalue weighted by Gasteiger charge is -2.04. The summed E-state index contributed by atoms with van der Waals surface area (Å²) >= 11 is 0. The van der Waals surface area contributed by atoms with E-state index >= 15 is 0 Å². The van der Waals surface area contributed by atoms with E-state index in [9.17, 15) is 0 Å². The minimum Gasteiger partial charge on any atom is -0.353 e. The van der Waals surface area contributed by atoms with Crippen LogP contribution in [0.2, 0.25) is 0 Å². The first-order valence-corrected chi connectivity index (χ1v) is 19.1. The lowest BCUT2D eigenvalue weighted by molar-refractivity contribution is 1.40. The highest BCUT2D eigenvalue weighted by atomic mass is 14.8. The summed E-state index contributed by atoms with van der Waals surface area (Å²) in [6.07, 6.45) is 0. The molecule has 0 saturated carbocycles. The van der Waals surface area contributed by atoms with E-state index in [4.69, 9.17) is 9.97 Å². The first kappa shape index (κ1) is 29.8. The lowest BCUT2D eigenvalue weighted by Crippen LogP contribution is -1.81. The van der Waals surface area contributed by atoms with Crippen LogP contribution in [0.5, 0.6) is 0 Å². The van der Waals surface area contributed by atoms with Crippen molar-refractivity contribution in [2.24, 2.45) is 0 Å². The van der Waals surface area contributed by atoms with E-state index < -0.39 is 0 Å². The Morgan fingerprint density at radius 3 is 0.946 bits per heavy atom. The molecule has 5 heterocycles. The molecule has 0 aliphatic carbocycles. The van der Waals surface area contributed by atoms with Crippen molar-refractivity contribution in [3.63, 3.8) is 0 Å². The van der Waals surface area contributed by atoms with Gasteiger partial charge < -0.3 is 9.97 Å². The third-order valence-electron chi connectivity index (χ3n) is 12.0. The Kier molecular flexibility index (Phi) is 5.86. The Labute approximate surface area is 320 Å². The number of H-pyrrole nitrogens is 2. The van der Waals surface area contributed by atoms with Crippen LogP contribution in [0.1, 0.15) is 0 Å². The van der Waals surface area contributed by atoms with Gasteiger partial charge in [0.05, 0.1) is 33.8 Å². The van der Waals surface area contributed by atoms with Crippen molar-refractivity contribution in [1.29, 1.82) is 0 Å². The summed E-state index contributed by atoms with van der Waals surface area (Å²) in [5.41, 5.74) is 12.4. The average Bonchev–Trinajstić information content (AvgIpc) is 3.98. The predicted molar refractivity (Wildman–Crippen MR) is 235 cm³/mol. The van der Waals surface area contributed by atoms with Gasteiger partial charge in [-0.1, -0.05) is 97.1 Å². The quantitative estimate of drug-likeness (QED) is 0.165. The SMILES string of the molecule is c1ccc2cc3c(cc2c1)-c1ccc2[nH]c(c4nc(ccc5[nH]c(c-3n1)c1cc3ccccc3cc51)-c1cc3ccccc3cc1-4)c1cc3ccccc3cc21. The maximum absolute atomic E-state index is 5.49. The van der Waals surface area contributed by atoms with Gasteiger partial charge in [-0.05, 0) is 116 Å². The lowest BCUT2D eigenvalue weighted by atomic mass is 9.97. The molecule has 3 aromatic heterocycles. The van der Waals surface area contributed by atoms with E-state index in [1.807, 2.05) is 0 Å². The zero-order valence-electron chi connectivity index (χ0n) is 30.1. The number of hydrogen-bond donors (Lipinski definition) is 2. The van der Waals surface area contributed by atoms with E-state index in [1.165, 1.54) is 43.1 Å². The molecule has 2 N–H and O–H groups in total. The average molecular weight is 711 g/mol. The molecule has 258 valence electrons. The largest absolute Gasteiger partial charge is 0.353 e. The van der Waals surface area contributed by atoms with Gasteiger partial charge in [-0.2, -0.15) is 0 Å². The Bertz CT molecular complexity index is 3470. The molecule has 8 bridgehead atoms. The van der Waals surface area contributed by atoms with Crippen LogP contribution in [0, 0.1) is 0 Å². The second-order valence-electron chi connectivity index (χ2n) is 15.2. The molecule has 0 saturated heterocycles. The molecule has 13 rings (SSSR count). The second-order valence-corrected chi connectivity index (χ2v) is 15.2. The summed E-state index contributed by atoms with van der Waals surface area (Å²) in [6.45, 7) is 0. The molecule has 2 aliphatic rings. The van der Waals surface area contributed by atoms with Gasteiger partial charge >= 0.3 is 0 Å². The van der Waals surface area contributed by atoms with Crippen LogP contribution in [0.3, 0.4) is 0 Å². The maximum Gasteiger partial charge on any atom is 0.0957 e. The number of benzene rings is 8. The van der Waals surface area contributed by atoms with Crippen molar-refractivity contribution in [1.82, 2.24) is 19.9 Å². The molecule has 0 radical (unpaired) electrons. The monoisotopic (exact) mass is 710 g/mol. The Morgan fingerprint density at radius 1 is 0.286 bits per heavy atom. The van der Waals surface area contributed by atoms with Crippen LogP contribution in [0.25, 0.3) is 132 Å². The zero-order chi connectivity index (χ0) is 36.5. The van der Waals surface area contributed by atoms with Crippen molar-refractivity contribution in [2.45, 2.75) is 0 Å². The minimum atomic E-state index is 0.934. The Balaban J connectivity index is 1.24. The summed E-state index contributed by atoms with van der Waals surface area (Å²) < 4.78 is 0. The number of fused-ring (bicyclic) bond motifs is 26. The van der Waals surface area contributed by atoms with Gasteiger partial charge in [-0.3, -0.25) is 0 Å². The number of aromatic nitrogens is 4.